The maximum absolute atomic E-state index is 11.6. The number of benzene rings is 1. The Balaban J connectivity index is 2.40. The molecular formula is C15H22Cl2N2O3. The molecule has 22 heavy (non-hydrogen) atoms. The van der Waals surface area contributed by atoms with E-state index in [2.05, 4.69) is 5.32 Å². The van der Waals surface area contributed by atoms with Crippen LogP contribution in [0.2, 0.25) is 10.0 Å². The van der Waals surface area contributed by atoms with Crippen molar-refractivity contribution in [3.8, 4) is 5.75 Å². The first kappa shape index (κ1) is 19.0. The molecule has 0 saturated heterocycles. The summed E-state index contributed by atoms with van der Waals surface area (Å²) in [6.45, 7) is 4.34. The van der Waals surface area contributed by atoms with Gasteiger partial charge in [0, 0.05) is 12.6 Å². The van der Waals surface area contributed by atoms with Crippen LogP contribution in [-0.4, -0.2) is 54.8 Å². The average molecular weight is 349 g/mol. The van der Waals surface area contributed by atoms with Crippen molar-refractivity contribution >= 4 is 29.1 Å². The zero-order chi connectivity index (χ0) is 16.7. The number of likely N-dealkylation sites (N-methyl/N-ethyl adjacent to an activating group) is 1. The lowest BCUT2D eigenvalue weighted by molar-refractivity contribution is -0.122. The Morgan fingerprint density at radius 3 is 2.50 bits per heavy atom. The molecule has 5 nitrogen and oxygen atoms in total. The Morgan fingerprint density at radius 2 is 1.95 bits per heavy atom. The highest BCUT2D eigenvalue weighted by atomic mass is 35.5. The van der Waals surface area contributed by atoms with Crippen LogP contribution in [-0.2, 0) is 4.79 Å². The molecule has 124 valence electrons. The van der Waals surface area contributed by atoms with Gasteiger partial charge in [0.1, 0.15) is 12.7 Å². The fraction of sp³-hybridized carbons (Fsp3) is 0.533. The molecule has 1 unspecified atom stereocenters. The Morgan fingerprint density at radius 1 is 1.36 bits per heavy atom. The minimum Gasteiger partial charge on any atom is -0.488 e. The number of amides is 1. The number of aliphatic hydroxyl groups excluding tert-OH is 1. The Labute approximate surface area is 141 Å². The van der Waals surface area contributed by atoms with Crippen molar-refractivity contribution in [2.75, 3.05) is 26.7 Å². The van der Waals surface area contributed by atoms with E-state index in [-0.39, 0.29) is 25.1 Å². The molecule has 0 saturated carbocycles. The molecule has 1 aromatic rings. The van der Waals surface area contributed by atoms with Crippen molar-refractivity contribution < 1.29 is 14.6 Å². The van der Waals surface area contributed by atoms with Crippen LogP contribution in [0.15, 0.2) is 18.2 Å². The third kappa shape index (κ3) is 6.83. The standard InChI is InChI=1S/C15H22Cl2N2O3/c1-10(2)18-14(21)8-19(3)7-11(20)9-22-15-12(16)5-4-6-13(15)17/h4-6,10-11,20H,7-9H2,1-3H3,(H,18,21). The molecule has 1 rings (SSSR count). The number of aliphatic hydroxyl groups is 1. The van der Waals surface area contributed by atoms with E-state index in [1.54, 1.807) is 30.1 Å². The SMILES string of the molecule is CC(C)NC(=O)CN(C)CC(O)COc1c(Cl)cccc1Cl. The van der Waals surface area contributed by atoms with Crippen molar-refractivity contribution in [2.45, 2.75) is 26.0 Å². The van der Waals surface area contributed by atoms with Gasteiger partial charge < -0.3 is 15.2 Å². The van der Waals surface area contributed by atoms with E-state index in [1.165, 1.54) is 0 Å². The summed E-state index contributed by atoms with van der Waals surface area (Å²) in [5.41, 5.74) is 0. The molecular weight excluding hydrogens is 327 g/mol. The second kappa shape index (κ2) is 9.20. The summed E-state index contributed by atoms with van der Waals surface area (Å²) in [5, 5.41) is 13.6. The highest BCUT2D eigenvalue weighted by Gasteiger charge is 2.14. The monoisotopic (exact) mass is 348 g/mol. The summed E-state index contributed by atoms with van der Waals surface area (Å²) >= 11 is 12.0. The average Bonchev–Trinajstić information content (AvgIpc) is 2.36. The lowest BCUT2D eigenvalue weighted by Crippen LogP contribution is -2.42. The number of nitrogens with one attached hydrogen (secondary N) is 1. The molecule has 0 aromatic heterocycles. The largest absolute Gasteiger partial charge is 0.488 e. The normalized spacial score (nSPS) is 12.5. The minimum atomic E-state index is -0.760. The molecule has 0 bridgehead atoms. The smallest absolute Gasteiger partial charge is 0.234 e. The molecule has 1 amide bonds. The number of hydrogen-bond acceptors (Lipinski definition) is 4. The summed E-state index contributed by atoms with van der Waals surface area (Å²) < 4.78 is 5.46. The summed E-state index contributed by atoms with van der Waals surface area (Å²) in [5.74, 6) is 0.268. The Hall–Kier alpha value is -1.01. The van der Waals surface area contributed by atoms with Gasteiger partial charge in [0.2, 0.25) is 5.91 Å². The van der Waals surface area contributed by atoms with Crippen LogP contribution in [0.4, 0.5) is 0 Å². The van der Waals surface area contributed by atoms with Gasteiger partial charge in [-0.05, 0) is 33.0 Å². The number of halogens is 2. The van der Waals surface area contributed by atoms with Crippen molar-refractivity contribution in [1.82, 2.24) is 10.2 Å². The van der Waals surface area contributed by atoms with Gasteiger partial charge in [0.05, 0.1) is 16.6 Å². The van der Waals surface area contributed by atoms with Crippen LogP contribution in [0.25, 0.3) is 0 Å². The second-order valence-electron chi connectivity index (χ2n) is 5.43. The number of rotatable bonds is 8. The summed E-state index contributed by atoms with van der Waals surface area (Å²) in [4.78, 5) is 13.3. The fourth-order valence-electron chi connectivity index (χ4n) is 1.89. The quantitative estimate of drug-likeness (QED) is 0.755. The number of hydrogen-bond donors (Lipinski definition) is 2. The van der Waals surface area contributed by atoms with Gasteiger partial charge >= 0.3 is 0 Å². The Bertz CT molecular complexity index is 477. The Kier molecular flexibility index (Phi) is 7.96. The summed E-state index contributed by atoms with van der Waals surface area (Å²) in [6, 6.07) is 5.14. The number of ether oxygens (including phenoxy) is 1. The van der Waals surface area contributed by atoms with Crippen LogP contribution in [0.3, 0.4) is 0 Å². The van der Waals surface area contributed by atoms with Gasteiger partial charge in [-0.25, -0.2) is 0 Å². The van der Waals surface area contributed by atoms with Crippen molar-refractivity contribution in [3.63, 3.8) is 0 Å². The molecule has 1 atom stereocenters. The first-order valence-electron chi connectivity index (χ1n) is 7.02. The van der Waals surface area contributed by atoms with Gasteiger partial charge in [0.25, 0.3) is 0 Å². The van der Waals surface area contributed by atoms with Crippen LogP contribution >= 0.6 is 23.2 Å². The van der Waals surface area contributed by atoms with Crippen LogP contribution in [0.1, 0.15) is 13.8 Å². The fourth-order valence-corrected chi connectivity index (χ4v) is 2.40. The molecule has 0 radical (unpaired) electrons. The predicted molar refractivity (Wildman–Crippen MR) is 88.7 cm³/mol. The zero-order valence-electron chi connectivity index (χ0n) is 13.0. The highest BCUT2D eigenvalue weighted by Crippen LogP contribution is 2.32. The summed E-state index contributed by atoms with van der Waals surface area (Å²) in [7, 11) is 1.76. The third-order valence-electron chi connectivity index (χ3n) is 2.72. The number of carbonyl (C=O) groups excluding carboxylic acids is 1. The van der Waals surface area contributed by atoms with E-state index >= 15 is 0 Å². The molecule has 7 heteroatoms. The van der Waals surface area contributed by atoms with E-state index in [0.717, 1.165) is 0 Å². The van der Waals surface area contributed by atoms with E-state index in [4.69, 9.17) is 27.9 Å². The molecule has 0 aliphatic heterocycles. The van der Waals surface area contributed by atoms with Gasteiger partial charge in [-0.2, -0.15) is 0 Å². The van der Waals surface area contributed by atoms with Gasteiger partial charge in [-0.15, -0.1) is 0 Å². The molecule has 0 heterocycles. The van der Waals surface area contributed by atoms with E-state index in [9.17, 15) is 9.90 Å². The first-order valence-corrected chi connectivity index (χ1v) is 7.78. The molecule has 0 spiro atoms. The van der Waals surface area contributed by atoms with Gasteiger partial charge in [-0.3, -0.25) is 9.69 Å². The van der Waals surface area contributed by atoms with Crippen molar-refractivity contribution in [3.05, 3.63) is 28.2 Å². The number of carbonyl (C=O) groups is 1. The lowest BCUT2D eigenvalue weighted by Gasteiger charge is -2.21. The zero-order valence-corrected chi connectivity index (χ0v) is 14.5. The predicted octanol–water partition coefficient (Wildman–Crippen LogP) is 2.19. The van der Waals surface area contributed by atoms with E-state index < -0.39 is 6.10 Å². The topological polar surface area (TPSA) is 61.8 Å². The maximum atomic E-state index is 11.6. The maximum Gasteiger partial charge on any atom is 0.234 e. The van der Waals surface area contributed by atoms with Crippen molar-refractivity contribution in [1.29, 1.82) is 0 Å². The van der Waals surface area contributed by atoms with Gasteiger partial charge in [0.15, 0.2) is 5.75 Å². The van der Waals surface area contributed by atoms with Crippen molar-refractivity contribution in [2.24, 2.45) is 0 Å². The first-order chi connectivity index (χ1) is 10.3. The third-order valence-corrected chi connectivity index (χ3v) is 3.32. The minimum absolute atomic E-state index is 0.0413. The number of para-hydroxylation sites is 1. The van der Waals surface area contributed by atoms with Crippen LogP contribution in [0.5, 0.6) is 5.75 Å². The second-order valence-corrected chi connectivity index (χ2v) is 6.25. The van der Waals surface area contributed by atoms with Crippen LogP contribution in [0, 0.1) is 0 Å². The van der Waals surface area contributed by atoms with Gasteiger partial charge in [-0.1, -0.05) is 29.3 Å². The lowest BCUT2D eigenvalue weighted by atomic mass is 10.3. The molecule has 0 fully saturated rings. The van der Waals surface area contributed by atoms with E-state index in [1.807, 2.05) is 13.8 Å². The highest BCUT2D eigenvalue weighted by molar-refractivity contribution is 6.37. The van der Waals surface area contributed by atoms with Crippen LogP contribution < -0.4 is 10.1 Å². The summed E-state index contributed by atoms with van der Waals surface area (Å²) in [6.07, 6.45) is -0.760. The molecule has 2 N–H and O–H groups in total. The molecule has 1 aromatic carbocycles. The molecule has 0 aliphatic carbocycles. The van der Waals surface area contributed by atoms with E-state index in [0.29, 0.717) is 22.3 Å². The number of nitrogens with zero attached hydrogens (tertiary/aromatic N) is 1. The molecule has 0 aliphatic rings.